The summed E-state index contributed by atoms with van der Waals surface area (Å²) in [6.07, 6.45) is 1.04. The summed E-state index contributed by atoms with van der Waals surface area (Å²) in [5, 5.41) is 3.14. The van der Waals surface area contributed by atoms with Crippen molar-refractivity contribution in [1.82, 2.24) is 10.2 Å². The van der Waals surface area contributed by atoms with E-state index in [1.54, 1.807) is 0 Å². The fourth-order valence-corrected chi connectivity index (χ4v) is 2.60. The molecule has 1 aliphatic rings. The van der Waals surface area contributed by atoms with Crippen molar-refractivity contribution < 1.29 is 4.74 Å². The summed E-state index contributed by atoms with van der Waals surface area (Å²) in [4.78, 5) is 6.97. The van der Waals surface area contributed by atoms with Crippen molar-refractivity contribution in [2.24, 2.45) is 10.7 Å². The highest BCUT2D eigenvalue weighted by Gasteiger charge is 2.22. The molecule has 1 aromatic carbocycles. The third-order valence-corrected chi connectivity index (χ3v) is 3.94. The van der Waals surface area contributed by atoms with E-state index in [2.05, 4.69) is 53.3 Å². The Kier molecular flexibility index (Phi) is 9.50. The van der Waals surface area contributed by atoms with Gasteiger partial charge in [0.1, 0.15) is 0 Å². The maximum absolute atomic E-state index is 5.94. The van der Waals surface area contributed by atoms with Gasteiger partial charge >= 0.3 is 0 Å². The van der Waals surface area contributed by atoms with E-state index in [4.69, 9.17) is 10.5 Å². The summed E-state index contributed by atoms with van der Waals surface area (Å²) in [7, 11) is 0. The Morgan fingerprint density at radius 2 is 1.96 bits per heavy atom. The number of ether oxygens (including phenoxy) is 1. The van der Waals surface area contributed by atoms with Crippen LogP contribution in [0.15, 0.2) is 29.3 Å². The predicted octanol–water partition coefficient (Wildman–Crippen LogP) is 2.30. The van der Waals surface area contributed by atoms with Crippen molar-refractivity contribution in [1.29, 1.82) is 0 Å². The summed E-state index contributed by atoms with van der Waals surface area (Å²) in [5.41, 5.74) is 8.50. The highest BCUT2D eigenvalue weighted by atomic mass is 127. The van der Waals surface area contributed by atoms with Crippen LogP contribution in [0.4, 0.5) is 0 Å². The SMILES string of the molecule is CCCNC(N)=NCC(c1ccc(C)cc1)N1CCOCC1.I. The Morgan fingerprint density at radius 1 is 1.30 bits per heavy atom. The van der Waals surface area contributed by atoms with Crippen molar-refractivity contribution in [3.63, 3.8) is 0 Å². The van der Waals surface area contributed by atoms with Gasteiger partial charge in [-0.05, 0) is 18.9 Å². The fourth-order valence-electron chi connectivity index (χ4n) is 2.60. The van der Waals surface area contributed by atoms with E-state index in [0.29, 0.717) is 12.5 Å². The average molecular weight is 432 g/mol. The van der Waals surface area contributed by atoms with Crippen LogP contribution >= 0.6 is 24.0 Å². The van der Waals surface area contributed by atoms with Gasteiger partial charge in [0, 0.05) is 19.6 Å². The van der Waals surface area contributed by atoms with Gasteiger partial charge in [-0.1, -0.05) is 36.8 Å². The molecule has 1 atom stereocenters. The number of benzene rings is 1. The number of halogens is 1. The summed E-state index contributed by atoms with van der Waals surface area (Å²) >= 11 is 0. The minimum atomic E-state index is 0. The van der Waals surface area contributed by atoms with Crippen LogP contribution in [-0.2, 0) is 4.74 Å². The van der Waals surface area contributed by atoms with Crippen LogP contribution in [0.25, 0.3) is 0 Å². The molecular weight excluding hydrogens is 403 g/mol. The predicted molar refractivity (Wildman–Crippen MR) is 107 cm³/mol. The van der Waals surface area contributed by atoms with Crippen LogP contribution in [0.2, 0.25) is 0 Å². The highest BCUT2D eigenvalue weighted by Crippen LogP contribution is 2.22. The van der Waals surface area contributed by atoms with E-state index < -0.39 is 0 Å². The van der Waals surface area contributed by atoms with Crippen LogP contribution in [0.5, 0.6) is 0 Å². The second kappa shape index (κ2) is 10.8. The lowest BCUT2D eigenvalue weighted by Crippen LogP contribution is -2.41. The number of rotatable bonds is 6. The van der Waals surface area contributed by atoms with Crippen LogP contribution in [0.1, 0.15) is 30.5 Å². The van der Waals surface area contributed by atoms with Crippen molar-refractivity contribution in [3.05, 3.63) is 35.4 Å². The monoisotopic (exact) mass is 432 g/mol. The van der Waals surface area contributed by atoms with Gasteiger partial charge in [-0.2, -0.15) is 0 Å². The number of aryl methyl sites for hydroxylation is 1. The first kappa shape index (κ1) is 20.2. The Balaban J connectivity index is 0.00000264. The first-order chi connectivity index (χ1) is 10.7. The normalized spacial score (nSPS) is 17.4. The molecule has 1 fully saturated rings. The lowest BCUT2D eigenvalue weighted by atomic mass is 10.0. The summed E-state index contributed by atoms with van der Waals surface area (Å²) in [5.74, 6) is 0.534. The van der Waals surface area contributed by atoms with E-state index in [1.807, 2.05) is 0 Å². The lowest BCUT2D eigenvalue weighted by molar-refractivity contribution is 0.0180. The standard InChI is InChI=1S/C17H28N4O.HI/c1-3-8-19-17(18)20-13-16(21-9-11-22-12-10-21)15-6-4-14(2)5-7-15;/h4-7,16H,3,8-13H2,1-2H3,(H3,18,19,20);1H. The number of nitrogens with two attached hydrogens (primary N) is 1. The number of nitrogens with one attached hydrogen (secondary N) is 1. The molecular formula is C17H29IN4O. The fraction of sp³-hybridized carbons (Fsp3) is 0.588. The molecule has 0 radical (unpaired) electrons. The van der Waals surface area contributed by atoms with E-state index in [1.165, 1.54) is 11.1 Å². The molecule has 1 saturated heterocycles. The molecule has 1 heterocycles. The zero-order chi connectivity index (χ0) is 15.8. The molecule has 130 valence electrons. The van der Waals surface area contributed by atoms with Gasteiger partial charge in [-0.25, -0.2) is 0 Å². The summed E-state index contributed by atoms with van der Waals surface area (Å²) < 4.78 is 5.47. The molecule has 0 aromatic heterocycles. The van der Waals surface area contributed by atoms with E-state index in [0.717, 1.165) is 39.3 Å². The molecule has 5 nitrogen and oxygen atoms in total. The van der Waals surface area contributed by atoms with E-state index in [9.17, 15) is 0 Å². The third-order valence-electron chi connectivity index (χ3n) is 3.94. The zero-order valence-corrected chi connectivity index (χ0v) is 16.5. The van der Waals surface area contributed by atoms with Gasteiger partial charge in [-0.3, -0.25) is 9.89 Å². The van der Waals surface area contributed by atoms with Crippen LogP contribution in [0, 0.1) is 6.92 Å². The van der Waals surface area contributed by atoms with E-state index >= 15 is 0 Å². The average Bonchev–Trinajstić information content (AvgIpc) is 2.55. The van der Waals surface area contributed by atoms with E-state index in [-0.39, 0.29) is 30.0 Å². The van der Waals surface area contributed by atoms with Crippen LogP contribution in [0.3, 0.4) is 0 Å². The molecule has 1 aromatic rings. The molecule has 1 aliphatic heterocycles. The topological polar surface area (TPSA) is 62.9 Å². The Labute approximate surface area is 156 Å². The molecule has 3 N–H and O–H groups in total. The Hall–Kier alpha value is -0.860. The van der Waals surface area contributed by atoms with Gasteiger partial charge in [0.2, 0.25) is 0 Å². The first-order valence-electron chi connectivity index (χ1n) is 8.13. The lowest BCUT2D eigenvalue weighted by Gasteiger charge is -2.34. The van der Waals surface area contributed by atoms with Crippen molar-refractivity contribution in [2.45, 2.75) is 26.3 Å². The van der Waals surface area contributed by atoms with Gasteiger partial charge in [0.05, 0.1) is 25.8 Å². The number of morpholine rings is 1. The molecule has 0 bridgehead atoms. The quantitative estimate of drug-likeness (QED) is 0.412. The molecule has 1 unspecified atom stereocenters. The highest BCUT2D eigenvalue weighted by molar-refractivity contribution is 14.0. The Bertz CT molecular complexity index is 472. The molecule has 23 heavy (non-hydrogen) atoms. The molecule has 0 spiro atoms. The summed E-state index contributed by atoms with van der Waals surface area (Å²) in [6.45, 7) is 9.22. The minimum absolute atomic E-state index is 0. The number of hydrogen-bond donors (Lipinski definition) is 2. The van der Waals surface area contributed by atoms with Crippen LogP contribution in [-0.4, -0.2) is 50.3 Å². The molecule has 0 aliphatic carbocycles. The molecule has 0 amide bonds. The van der Waals surface area contributed by atoms with Crippen LogP contribution < -0.4 is 11.1 Å². The largest absolute Gasteiger partial charge is 0.379 e. The maximum atomic E-state index is 5.94. The number of nitrogens with zero attached hydrogens (tertiary/aromatic N) is 2. The number of aliphatic imine (C=N–C) groups is 1. The maximum Gasteiger partial charge on any atom is 0.188 e. The van der Waals surface area contributed by atoms with Gasteiger partial charge in [0.25, 0.3) is 0 Å². The van der Waals surface area contributed by atoms with Crippen molar-refractivity contribution in [3.8, 4) is 0 Å². The molecule has 2 rings (SSSR count). The zero-order valence-electron chi connectivity index (χ0n) is 14.1. The van der Waals surface area contributed by atoms with Crippen molar-refractivity contribution in [2.75, 3.05) is 39.4 Å². The van der Waals surface area contributed by atoms with Gasteiger partial charge in [-0.15, -0.1) is 24.0 Å². The Morgan fingerprint density at radius 3 is 2.57 bits per heavy atom. The first-order valence-corrected chi connectivity index (χ1v) is 8.13. The molecule has 0 saturated carbocycles. The molecule has 6 heteroatoms. The van der Waals surface area contributed by atoms with Gasteiger partial charge < -0.3 is 15.8 Å². The number of hydrogen-bond acceptors (Lipinski definition) is 3. The minimum Gasteiger partial charge on any atom is -0.379 e. The second-order valence-corrected chi connectivity index (χ2v) is 5.73. The third kappa shape index (κ3) is 6.64. The second-order valence-electron chi connectivity index (χ2n) is 5.73. The number of guanidine groups is 1. The van der Waals surface area contributed by atoms with Gasteiger partial charge in [0.15, 0.2) is 5.96 Å². The summed E-state index contributed by atoms with van der Waals surface area (Å²) in [6, 6.07) is 8.96. The smallest absolute Gasteiger partial charge is 0.188 e. The van der Waals surface area contributed by atoms with Crippen molar-refractivity contribution >= 4 is 29.9 Å².